The van der Waals surface area contributed by atoms with Gasteiger partial charge in [-0.15, -0.1) is 0 Å². The minimum Gasteiger partial charge on any atom is -0.332 e. The van der Waals surface area contributed by atoms with Crippen molar-refractivity contribution in [3.05, 3.63) is 48.9 Å². The normalized spacial score (nSPS) is 15.3. The second-order valence-corrected chi connectivity index (χ2v) is 7.18. The third-order valence-electron chi connectivity index (χ3n) is 5.30. The molecule has 0 radical (unpaired) electrons. The van der Waals surface area contributed by atoms with E-state index in [-0.39, 0.29) is 0 Å². The second kappa shape index (κ2) is 7.52. The molecule has 0 bridgehead atoms. The van der Waals surface area contributed by atoms with Crippen molar-refractivity contribution in [3.63, 3.8) is 0 Å². The van der Waals surface area contributed by atoms with Crippen molar-refractivity contribution in [2.45, 2.75) is 25.8 Å². The molecule has 1 saturated heterocycles. The number of benzene rings is 1. The van der Waals surface area contributed by atoms with Gasteiger partial charge in [0.05, 0.1) is 17.4 Å². The van der Waals surface area contributed by atoms with Crippen molar-refractivity contribution >= 4 is 11.0 Å². The highest BCUT2D eigenvalue weighted by atomic mass is 16.5. The third kappa shape index (κ3) is 3.41. The number of pyridine rings is 1. The fourth-order valence-electron chi connectivity index (χ4n) is 3.75. The summed E-state index contributed by atoms with van der Waals surface area (Å²) in [7, 11) is 0. The van der Waals surface area contributed by atoms with Crippen LogP contribution < -0.4 is 0 Å². The first-order valence-corrected chi connectivity index (χ1v) is 9.79. The molecule has 0 aliphatic carbocycles. The summed E-state index contributed by atoms with van der Waals surface area (Å²) >= 11 is 0. The molecule has 0 spiro atoms. The van der Waals surface area contributed by atoms with Crippen molar-refractivity contribution in [3.8, 4) is 23.0 Å². The van der Waals surface area contributed by atoms with Gasteiger partial charge in [0.25, 0.3) is 5.89 Å². The first-order valence-electron chi connectivity index (χ1n) is 9.79. The van der Waals surface area contributed by atoms with Gasteiger partial charge in [-0.3, -0.25) is 4.98 Å². The van der Waals surface area contributed by atoms with E-state index in [1.807, 2.05) is 36.7 Å². The van der Waals surface area contributed by atoms with Gasteiger partial charge in [-0.2, -0.15) is 4.98 Å². The average molecular weight is 374 g/mol. The summed E-state index contributed by atoms with van der Waals surface area (Å²) in [6.45, 7) is 4.47. The minimum absolute atomic E-state index is 0.419. The fourth-order valence-corrected chi connectivity index (χ4v) is 3.75. The van der Waals surface area contributed by atoms with Gasteiger partial charge in [-0.25, -0.2) is 4.98 Å². The Morgan fingerprint density at radius 1 is 0.964 bits per heavy atom. The fraction of sp³-hybridized carbons (Fsp3) is 0.333. The zero-order valence-corrected chi connectivity index (χ0v) is 15.7. The zero-order valence-electron chi connectivity index (χ0n) is 15.7. The van der Waals surface area contributed by atoms with Crippen LogP contribution in [0.5, 0.6) is 0 Å². The number of aromatic nitrogens is 5. The zero-order chi connectivity index (χ0) is 18.8. The standard InChI is InChI=1S/C21H22N6O/c1-4-10-26(11-5-1)12-13-27-15-23-18-14-16(7-8-19(18)27)20-24-21(28-25-20)17-6-2-3-9-22-17/h2-3,6-9,14-15H,1,4-5,10-13H2. The summed E-state index contributed by atoms with van der Waals surface area (Å²) in [6, 6.07) is 11.7. The number of likely N-dealkylation sites (tertiary alicyclic amines) is 1. The molecule has 1 aliphatic heterocycles. The number of hydrogen-bond acceptors (Lipinski definition) is 6. The predicted molar refractivity (Wildman–Crippen MR) is 107 cm³/mol. The summed E-state index contributed by atoms with van der Waals surface area (Å²) in [5, 5.41) is 4.11. The Kier molecular flexibility index (Phi) is 4.58. The smallest absolute Gasteiger partial charge is 0.276 e. The van der Waals surface area contributed by atoms with Gasteiger partial charge in [-0.05, 0) is 56.3 Å². The molecule has 142 valence electrons. The van der Waals surface area contributed by atoms with Crippen molar-refractivity contribution in [2.24, 2.45) is 0 Å². The molecule has 0 N–H and O–H groups in total. The maximum absolute atomic E-state index is 5.37. The van der Waals surface area contributed by atoms with Crippen LogP contribution >= 0.6 is 0 Å². The largest absolute Gasteiger partial charge is 0.332 e. The van der Waals surface area contributed by atoms with Crippen LogP contribution in [0.2, 0.25) is 0 Å². The maximum Gasteiger partial charge on any atom is 0.276 e. The molecule has 28 heavy (non-hydrogen) atoms. The number of nitrogens with zero attached hydrogens (tertiary/aromatic N) is 6. The summed E-state index contributed by atoms with van der Waals surface area (Å²) in [6.07, 6.45) is 7.64. The summed E-state index contributed by atoms with van der Waals surface area (Å²) in [5.41, 5.74) is 3.64. The van der Waals surface area contributed by atoms with E-state index in [9.17, 15) is 0 Å². The molecule has 3 aromatic heterocycles. The molecular weight excluding hydrogens is 352 g/mol. The lowest BCUT2D eigenvalue weighted by molar-refractivity contribution is 0.221. The molecule has 0 unspecified atom stereocenters. The number of imidazole rings is 1. The summed E-state index contributed by atoms with van der Waals surface area (Å²) in [5.74, 6) is 0.966. The van der Waals surface area contributed by atoms with Gasteiger partial charge < -0.3 is 14.0 Å². The van der Waals surface area contributed by atoms with Crippen molar-refractivity contribution in [1.82, 2.24) is 29.6 Å². The topological polar surface area (TPSA) is 72.9 Å². The molecule has 7 heteroatoms. The number of fused-ring (bicyclic) bond motifs is 1. The van der Waals surface area contributed by atoms with E-state index in [1.165, 1.54) is 32.4 Å². The summed E-state index contributed by atoms with van der Waals surface area (Å²) < 4.78 is 7.60. The van der Waals surface area contributed by atoms with Crippen LogP contribution in [-0.2, 0) is 6.54 Å². The van der Waals surface area contributed by atoms with Crippen molar-refractivity contribution < 1.29 is 4.52 Å². The van der Waals surface area contributed by atoms with E-state index in [4.69, 9.17) is 4.52 Å². The number of rotatable bonds is 5. The molecule has 4 aromatic rings. The molecule has 0 saturated carbocycles. The second-order valence-electron chi connectivity index (χ2n) is 7.18. The lowest BCUT2D eigenvalue weighted by atomic mass is 10.1. The Morgan fingerprint density at radius 3 is 2.75 bits per heavy atom. The number of hydrogen-bond donors (Lipinski definition) is 0. The Bertz CT molecular complexity index is 1060. The molecular formula is C21H22N6O. The quantitative estimate of drug-likeness (QED) is 0.531. The molecule has 0 amide bonds. The van der Waals surface area contributed by atoms with Gasteiger partial charge in [0, 0.05) is 24.8 Å². The highest BCUT2D eigenvalue weighted by Crippen LogP contribution is 2.24. The van der Waals surface area contributed by atoms with Crippen LogP contribution in [0.15, 0.2) is 53.4 Å². The van der Waals surface area contributed by atoms with E-state index in [0.29, 0.717) is 17.4 Å². The highest BCUT2D eigenvalue weighted by molar-refractivity contribution is 5.80. The average Bonchev–Trinajstić information content (AvgIpc) is 3.41. The first-order chi connectivity index (χ1) is 13.9. The van der Waals surface area contributed by atoms with Crippen LogP contribution in [0, 0.1) is 0 Å². The summed E-state index contributed by atoms with van der Waals surface area (Å²) in [4.78, 5) is 15.9. The Morgan fingerprint density at radius 2 is 1.89 bits per heavy atom. The van der Waals surface area contributed by atoms with E-state index in [1.54, 1.807) is 6.20 Å². The van der Waals surface area contributed by atoms with Gasteiger partial charge in [-0.1, -0.05) is 17.6 Å². The molecule has 0 atom stereocenters. The van der Waals surface area contributed by atoms with Crippen LogP contribution in [0.25, 0.3) is 34.0 Å². The van der Waals surface area contributed by atoms with Crippen molar-refractivity contribution in [1.29, 1.82) is 0 Å². The SMILES string of the molecule is c1ccc(-c2nc(-c3ccc4c(c3)ncn4CCN3CCCCC3)no2)nc1. The first kappa shape index (κ1) is 17.1. The van der Waals surface area contributed by atoms with Crippen LogP contribution in [0.4, 0.5) is 0 Å². The van der Waals surface area contributed by atoms with E-state index < -0.39 is 0 Å². The van der Waals surface area contributed by atoms with E-state index in [0.717, 1.165) is 29.7 Å². The lowest BCUT2D eigenvalue weighted by Crippen LogP contribution is -2.32. The van der Waals surface area contributed by atoms with Crippen LogP contribution in [-0.4, -0.2) is 49.2 Å². The van der Waals surface area contributed by atoms with Crippen LogP contribution in [0.3, 0.4) is 0 Å². The van der Waals surface area contributed by atoms with E-state index >= 15 is 0 Å². The van der Waals surface area contributed by atoms with Gasteiger partial charge in [0.1, 0.15) is 5.69 Å². The molecule has 4 heterocycles. The Balaban J connectivity index is 1.35. The monoisotopic (exact) mass is 374 g/mol. The van der Waals surface area contributed by atoms with Gasteiger partial charge >= 0.3 is 0 Å². The molecule has 7 nitrogen and oxygen atoms in total. The maximum atomic E-state index is 5.37. The molecule has 5 rings (SSSR count). The molecule has 1 fully saturated rings. The Labute approximate surface area is 163 Å². The van der Waals surface area contributed by atoms with Gasteiger partial charge in [0.2, 0.25) is 5.82 Å². The van der Waals surface area contributed by atoms with E-state index in [2.05, 4.69) is 35.6 Å². The number of piperidine rings is 1. The molecule has 1 aromatic carbocycles. The third-order valence-corrected chi connectivity index (χ3v) is 5.30. The van der Waals surface area contributed by atoms with Crippen molar-refractivity contribution in [2.75, 3.05) is 19.6 Å². The highest BCUT2D eigenvalue weighted by Gasteiger charge is 2.14. The predicted octanol–water partition coefficient (Wildman–Crippen LogP) is 3.63. The lowest BCUT2D eigenvalue weighted by Gasteiger charge is -2.26. The van der Waals surface area contributed by atoms with Crippen LogP contribution in [0.1, 0.15) is 19.3 Å². The minimum atomic E-state index is 0.419. The molecule has 1 aliphatic rings. The van der Waals surface area contributed by atoms with Gasteiger partial charge in [0.15, 0.2) is 0 Å². The Hall–Kier alpha value is -3.06.